The summed E-state index contributed by atoms with van der Waals surface area (Å²) >= 11 is 0. The fourth-order valence-electron chi connectivity index (χ4n) is 3.78. The van der Waals surface area contributed by atoms with Crippen LogP contribution in [0.2, 0.25) is 0 Å². The number of carbonyl (C=O) groups is 1. The zero-order valence-corrected chi connectivity index (χ0v) is 16.0. The molecule has 1 saturated carbocycles. The van der Waals surface area contributed by atoms with Crippen LogP contribution in [-0.2, 0) is 11.2 Å². The van der Waals surface area contributed by atoms with Gasteiger partial charge < -0.3 is 19.1 Å². The maximum atomic E-state index is 12.8. The van der Waals surface area contributed by atoms with E-state index in [0.29, 0.717) is 36.1 Å². The number of hydrogen-bond acceptors (Lipinski definition) is 4. The highest BCUT2D eigenvalue weighted by atomic mass is 16.5. The van der Waals surface area contributed by atoms with E-state index in [-0.39, 0.29) is 5.91 Å². The standard InChI is InChI=1S/C20H31NO4/c1-5-21(16-9-7-6-8-10-16)18(22)14-12-15-11-13-17(23-2)20(25-4)19(15)24-3/h11,13,16H,5-10,12,14H2,1-4H3. The summed E-state index contributed by atoms with van der Waals surface area (Å²) in [6.07, 6.45) is 7.15. The summed E-state index contributed by atoms with van der Waals surface area (Å²) in [7, 11) is 4.81. The molecule has 0 aromatic heterocycles. The highest BCUT2D eigenvalue weighted by Crippen LogP contribution is 2.40. The highest BCUT2D eigenvalue weighted by Gasteiger charge is 2.24. The third-order valence-electron chi connectivity index (χ3n) is 5.07. The van der Waals surface area contributed by atoms with E-state index in [1.807, 2.05) is 12.1 Å². The van der Waals surface area contributed by atoms with E-state index >= 15 is 0 Å². The number of benzene rings is 1. The Morgan fingerprint density at radius 2 is 1.72 bits per heavy atom. The Morgan fingerprint density at radius 3 is 2.28 bits per heavy atom. The SMILES string of the molecule is CCN(C(=O)CCc1ccc(OC)c(OC)c1OC)C1CCCCC1. The van der Waals surface area contributed by atoms with E-state index in [9.17, 15) is 4.79 Å². The third kappa shape index (κ3) is 4.59. The Hall–Kier alpha value is -1.91. The molecule has 0 saturated heterocycles. The average Bonchev–Trinajstić information content (AvgIpc) is 2.66. The molecule has 1 aliphatic rings. The molecule has 0 heterocycles. The lowest BCUT2D eigenvalue weighted by atomic mass is 9.93. The molecule has 0 bridgehead atoms. The number of hydrogen-bond donors (Lipinski definition) is 0. The van der Waals surface area contributed by atoms with Gasteiger partial charge in [0.1, 0.15) is 0 Å². The Labute approximate surface area is 151 Å². The molecule has 0 aliphatic heterocycles. The molecule has 0 N–H and O–H groups in total. The van der Waals surface area contributed by atoms with Gasteiger partial charge in [-0.25, -0.2) is 0 Å². The van der Waals surface area contributed by atoms with Crippen molar-refractivity contribution in [3.05, 3.63) is 17.7 Å². The Morgan fingerprint density at radius 1 is 1.04 bits per heavy atom. The average molecular weight is 349 g/mol. The number of amides is 1. The maximum Gasteiger partial charge on any atom is 0.223 e. The van der Waals surface area contributed by atoms with Crippen molar-refractivity contribution in [2.75, 3.05) is 27.9 Å². The normalized spacial score (nSPS) is 14.9. The number of ether oxygens (including phenoxy) is 3. The quantitative estimate of drug-likeness (QED) is 0.716. The number of aryl methyl sites for hydroxylation is 1. The lowest BCUT2D eigenvalue weighted by molar-refractivity contribution is -0.133. The fourth-order valence-corrected chi connectivity index (χ4v) is 3.78. The second kappa shape index (κ2) is 9.54. The van der Waals surface area contributed by atoms with Gasteiger partial charge in [0, 0.05) is 19.0 Å². The van der Waals surface area contributed by atoms with Crippen molar-refractivity contribution in [2.24, 2.45) is 0 Å². The summed E-state index contributed by atoms with van der Waals surface area (Å²) in [6, 6.07) is 4.23. The van der Waals surface area contributed by atoms with Gasteiger partial charge in [-0.05, 0) is 37.8 Å². The van der Waals surface area contributed by atoms with Gasteiger partial charge in [0.05, 0.1) is 21.3 Å². The zero-order valence-electron chi connectivity index (χ0n) is 16.0. The fraction of sp³-hybridized carbons (Fsp3) is 0.650. The van der Waals surface area contributed by atoms with Crippen molar-refractivity contribution >= 4 is 5.91 Å². The largest absolute Gasteiger partial charge is 0.493 e. The van der Waals surface area contributed by atoms with Crippen LogP contribution in [0.3, 0.4) is 0 Å². The number of methoxy groups -OCH3 is 3. The summed E-state index contributed by atoms with van der Waals surface area (Å²) in [5, 5.41) is 0. The first kappa shape index (κ1) is 19.4. The smallest absolute Gasteiger partial charge is 0.223 e. The maximum absolute atomic E-state index is 12.8. The second-order valence-electron chi connectivity index (χ2n) is 6.47. The predicted octanol–water partition coefficient (Wildman–Crippen LogP) is 3.83. The van der Waals surface area contributed by atoms with E-state index in [1.54, 1.807) is 21.3 Å². The van der Waals surface area contributed by atoms with Crippen molar-refractivity contribution in [1.29, 1.82) is 0 Å². The molecular formula is C20H31NO4. The van der Waals surface area contributed by atoms with Crippen LogP contribution in [0.25, 0.3) is 0 Å². The van der Waals surface area contributed by atoms with Gasteiger partial charge in [0.25, 0.3) is 0 Å². The van der Waals surface area contributed by atoms with Gasteiger partial charge in [-0.15, -0.1) is 0 Å². The summed E-state index contributed by atoms with van der Waals surface area (Å²) in [5.74, 6) is 2.09. The lowest BCUT2D eigenvalue weighted by Gasteiger charge is -2.33. The molecule has 0 radical (unpaired) electrons. The molecular weight excluding hydrogens is 318 g/mol. The molecule has 0 atom stereocenters. The highest BCUT2D eigenvalue weighted by molar-refractivity contribution is 5.77. The molecule has 2 rings (SSSR count). The van der Waals surface area contributed by atoms with Crippen LogP contribution in [-0.4, -0.2) is 44.7 Å². The van der Waals surface area contributed by atoms with Crippen molar-refractivity contribution in [1.82, 2.24) is 4.90 Å². The zero-order chi connectivity index (χ0) is 18.2. The molecule has 5 heteroatoms. The summed E-state index contributed by atoms with van der Waals surface area (Å²) in [6.45, 7) is 2.86. The minimum Gasteiger partial charge on any atom is -0.493 e. The molecule has 25 heavy (non-hydrogen) atoms. The summed E-state index contributed by atoms with van der Waals surface area (Å²) in [4.78, 5) is 14.8. The molecule has 0 unspecified atom stereocenters. The monoisotopic (exact) mass is 349 g/mol. The van der Waals surface area contributed by atoms with Crippen LogP contribution in [0.5, 0.6) is 17.2 Å². The van der Waals surface area contributed by atoms with Gasteiger partial charge in [0.15, 0.2) is 11.5 Å². The minimum atomic E-state index is 0.228. The number of nitrogens with zero attached hydrogens (tertiary/aromatic N) is 1. The van der Waals surface area contributed by atoms with Crippen molar-refractivity contribution in [3.8, 4) is 17.2 Å². The predicted molar refractivity (Wildman–Crippen MR) is 98.7 cm³/mol. The molecule has 1 aliphatic carbocycles. The molecule has 1 aromatic rings. The van der Waals surface area contributed by atoms with Crippen molar-refractivity contribution in [3.63, 3.8) is 0 Å². The third-order valence-corrected chi connectivity index (χ3v) is 5.07. The van der Waals surface area contributed by atoms with Crippen LogP contribution in [0.15, 0.2) is 12.1 Å². The minimum absolute atomic E-state index is 0.228. The first-order valence-corrected chi connectivity index (χ1v) is 9.23. The second-order valence-corrected chi connectivity index (χ2v) is 6.47. The first-order valence-electron chi connectivity index (χ1n) is 9.23. The van der Waals surface area contributed by atoms with Gasteiger partial charge in [0.2, 0.25) is 11.7 Å². The van der Waals surface area contributed by atoms with E-state index < -0.39 is 0 Å². The van der Waals surface area contributed by atoms with Crippen LogP contribution < -0.4 is 14.2 Å². The van der Waals surface area contributed by atoms with Gasteiger partial charge in [-0.1, -0.05) is 25.3 Å². The molecule has 1 amide bonds. The van der Waals surface area contributed by atoms with E-state index in [1.165, 1.54) is 19.3 Å². The summed E-state index contributed by atoms with van der Waals surface area (Å²) < 4.78 is 16.3. The first-order chi connectivity index (χ1) is 12.2. The summed E-state index contributed by atoms with van der Waals surface area (Å²) in [5.41, 5.74) is 0.966. The van der Waals surface area contributed by atoms with E-state index in [2.05, 4.69) is 11.8 Å². The molecule has 5 nitrogen and oxygen atoms in total. The molecule has 0 spiro atoms. The van der Waals surface area contributed by atoms with E-state index in [0.717, 1.165) is 24.9 Å². The lowest BCUT2D eigenvalue weighted by Crippen LogP contribution is -2.41. The van der Waals surface area contributed by atoms with Crippen LogP contribution in [0.1, 0.15) is 51.0 Å². The number of rotatable bonds is 8. The topological polar surface area (TPSA) is 48.0 Å². The molecule has 1 aromatic carbocycles. The van der Waals surface area contributed by atoms with Crippen molar-refractivity contribution in [2.45, 2.75) is 57.9 Å². The van der Waals surface area contributed by atoms with Crippen molar-refractivity contribution < 1.29 is 19.0 Å². The Kier molecular flexibility index (Phi) is 7.41. The Bertz CT molecular complexity index is 567. The van der Waals surface area contributed by atoms with Crippen LogP contribution in [0, 0.1) is 0 Å². The molecule has 1 fully saturated rings. The Balaban J connectivity index is 2.07. The van der Waals surface area contributed by atoms with E-state index in [4.69, 9.17) is 14.2 Å². The molecule has 140 valence electrons. The van der Waals surface area contributed by atoms with Gasteiger partial charge in [-0.2, -0.15) is 0 Å². The van der Waals surface area contributed by atoms with Crippen LogP contribution >= 0.6 is 0 Å². The van der Waals surface area contributed by atoms with Crippen LogP contribution in [0.4, 0.5) is 0 Å². The van der Waals surface area contributed by atoms with Gasteiger partial charge >= 0.3 is 0 Å². The van der Waals surface area contributed by atoms with Gasteiger partial charge in [-0.3, -0.25) is 4.79 Å². The number of carbonyl (C=O) groups excluding carboxylic acids is 1.